The Bertz CT molecular complexity index is 1060. The van der Waals surface area contributed by atoms with Crippen LogP contribution in [0, 0.1) is 5.82 Å². The molecule has 168 valence electrons. The van der Waals surface area contributed by atoms with E-state index in [1.54, 1.807) is 30.2 Å². The number of hydrogen-bond donors (Lipinski definition) is 1. The maximum Gasteiger partial charge on any atom is 0.221 e. The highest BCUT2D eigenvalue weighted by molar-refractivity contribution is 7.99. The highest BCUT2D eigenvalue weighted by atomic mass is 32.2. The number of aromatic nitrogens is 3. The molecule has 1 aromatic heterocycles. The van der Waals surface area contributed by atoms with E-state index >= 15 is 0 Å². The van der Waals surface area contributed by atoms with E-state index in [0.717, 1.165) is 22.2 Å². The highest BCUT2D eigenvalue weighted by Gasteiger charge is 2.26. The summed E-state index contributed by atoms with van der Waals surface area (Å²) in [4.78, 5) is 14.5. The number of amides is 1. The Morgan fingerprint density at radius 2 is 2.06 bits per heavy atom. The Morgan fingerprint density at radius 1 is 1.25 bits per heavy atom. The summed E-state index contributed by atoms with van der Waals surface area (Å²) < 4.78 is 22.5. The van der Waals surface area contributed by atoms with Gasteiger partial charge in [-0.15, -0.1) is 10.2 Å². The van der Waals surface area contributed by atoms with Crippen molar-refractivity contribution in [2.75, 3.05) is 25.4 Å². The second kappa shape index (κ2) is 10.6. The van der Waals surface area contributed by atoms with Gasteiger partial charge in [0.25, 0.3) is 0 Å². The van der Waals surface area contributed by atoms with Crippen LogP contribution >= 0.6 is 11.8 Å². The molecule has 0 fully saturated rings. The average molecular weight is 456 g/mol. The van der Waals surface area contributed by atoms with Gasteiger partial charge in [0.15, 0.2) is 5.16 Å². The number of carbonyl (C=O) groups excluding carboxylic acids is 1. The van der Waals surface area contributed by atoms with Gasteiger partial charge in [-0.2, -0.15) is 0 Å². The fourth-order valence-corrected chi connectivity index (χ4v) is 4.37. The van der Waals surface area contributed by atoms with Crippen molar-refractivity contribution in [2.24, 2.45) is 7.05 Å². The van der Waals surface area contributed by atoms with Gasteiger partial charge in [0.05, 0.1) is 0 Å². The number of thioether (sulfide) groups is 1. The summed E-state index contributed by atoms with van der Waals surface area (Å²) in [5.74, 6) is 1.19. The Balaban J connectivity index is 1.33. The number of nitrogens with zero attached hydrogens (tertiary/aromatic N) is 4. The van der Waals surface area contributed by atoms with Crippen LogP contribution in [0.5, 0.6) is 5.75 Å². The SMILES string of the molecule is Cn1cnnc1SCCNC(=O)CCN1Cc2ccccc2OC(c2ccccc2F)C1. The van der Waals surface area contributed by atoms with E-state index in [9.17, 15) is 9.18 Å². The Kier molecular flexibility index (Phi) is 7.39. The number of carbonyl (C=O) groups is 1. The summed E-state index contributed by atoms with van der Waals surface area (Å²) in [7, 11) is 1.89. The first-order chi connectivity index (χ1) is 15.6. The fraction of sp³-hybridized carbons (Fsp3) is 0.348. The van der Waals surface area contributed by atoms with Crippen molar-refractivity contribution < 1.29 is 13.9 Å². The fourth-order valence-electron chi connectivity index (χ4n) is 3.63. The molecule has 2 heterocycles. The van der Waals surface area contributed by atoms with Gasteiger partial charge in [0.1, 0.15) is 24.0 Å². The minimum absolute atomic E-state index is 0.00976. The summed E-state index contributed by atoms with van der Waals surface area (Å²) in [6.07, 6.45) is 1.57. The van der Waals surface area contributed by atoms with Crippen LogP contribution in [0.25, 0.3) is 0 Å². The molecule has 0 saturated carbocycles. The van der Waals surface area contributed by atoms with Gasteiger partial charge in [-0.1, -0.05) is 48.2 Å². The second-order valence-electron chi connectivity index (χ2n) is 7.64. The van der Waals surface area contributed by atoms with Crippen molar-refractivity contribution >= 4 is 17.7 Å². The minimum Gasteiger partial charge on any atom is -0.484 e. The molecule has 0 aliphatic carbocycles. The predicted octanol–water partition coefficient (Wildman–Crippen LogP) is 3.19. The largest absolute Gasteiger partial charge is 0.484 e. The first-order valence-electron chi connectivity index (χ1n) is 10.5. The number of halogens is 1. The molecule has 9 heteroatoms. The van der Waals surface area contributed by atoms with Crippen molar-refractivity contribution in [1.29, 1.82) is 0 Å². The molecule has 1 unspecified atom stereocenters. The molecule has 1 aliphatic rings. The number of ether oxygens (including phenoxy) is 1. The number of rotatable bonds is 8. The summed E-state index contributed by atoms with van der Waals surface area (Å²) >= 11 is 1.55. The molecule has 3 aromatic rings. The number of nitrogens with one attached hydrogen (secondary N) is 1. The van der Waals surface area contributed by atoms with Gasteiger partial charge in [-0.3, -0.25) is 9.69 Å². The smallest absolute Gasteiger partial charge is 0.221 e. The number of fused-ring (bicyclic) bond motifs is 1. The second-order valence-corrected chi connectivity index (χ2v) is 8.71. The summed E-state index contributed by atoms with van der Waals surface area (Å²) in [6, 6.07) is 14.5. The quantitative estimate of drug-likeness (QED) is 0.416. The van der Waals surface area contributed by atoms with Gasteiger partial charge in [-0.25, -0.2) is 4.39 Å². The molecule has 7 nitrogen and oxygen atoms in total. The Hall–Kier alpha value is -2.91. The lowest BCUT2D eigenvalue weighted by molar-refractivity contribution is -0.121. The zero-order valence-electron chi connectivity index (χ0n) is 17.9. The monoisotopic (exact) mass is 455 g/mol. The molecule has 4 rings (SSSR count). The molecule has 1 amide bonds. The number of para-hydroxylation sites is 1. The molecular formula is C23H26FN5O2S. The van der Waals surface area contributed by atoms with E-state index in [1.165, 1.54) is 6.07 Å². The van der Waals surface area contributed by atoms with Crippen LogP contribution in [0.3, 0.4) is 0 Å². The van der Waals surface area contributed by atoms with Crippen LogP contribution in [0.1, 0.15) is 23.7 Å². The lowest BCUT2D eigenvalue weighted by Crippen LogP contribution is -2.34. The first kappa shape index (κ1) is 22.3. The lowest BCUT2D eigenvalue weighted by Gasteiger charge is -2.24. The van der Waals surface area contributed by atoms with Crippen molar-refractivity contribution in [3.63, 3.8) is 0 Å². The molecule has 0 radical (unpaired) electrons. The predicted molar refractivity (Wildman–Crippen MR) is 121 cm³/mol. The van der Waals surface area contributed by atoms with Gasteiger partial charge >= 0.3 is 0 Å². The lowest BCUT2D eigenvalue weighted by atomic mass is 10.1. The van der Waals surface area contributed by atoms with E-state index in [-0.39, 0.29) is 11.7 Å². The van der Waals surface area contributed by atoms with Crippen LogP contribution < -0.4 is 10.1 Å². The minimum atomic E-state index is -0.439. The standard InChI is InChI=1S/C23H26FN5O2S/c1-28-16-26-27-23(28)32-13-11-25-22(30)10-12-29-14-17-6-2-5-9-20(17)31-21(15-29)18-7-3-4-8-19(18)24/h2-9,16,21H,10-15H2,1H3,(H,25,30). The van der Waals surface area contributed by atoms with Gasteiger partial charge in [-0.05, 0) is 12.1 Å². The molecule has 1 N–H and O–H groups in total. The van der Waals surface area contributed by atoms with E-state index < -0.39 is 6.10 Å². The van der Waals surface area contributed by atoms with Gasteiger partial charge < -0.3 is 14.6 Å². The molecule has 2 aromatic carbocycles. The van der Waals surface area contributed by atoms with Crippen LogP contribution in [-0.2, 0) is 18.4 Å². The van der Waals surface area contributed by atoms with Crippen molar-refractivity contribution in [3.8, 4) is 5.75 Å². The maximum absolute atomic E-state index is 14.4. The van der Waals surface area contributed by atoms with Crippen LogP contribution in [0.4, 0.5) is 4.39 Å². The van der Waals surface area contributed by atoms with E-state index in [1.807, 2.05) is 41.9 Å². The molecule has 0 saturated heterocycles. The van der Waals surface area contributed by atoms with Gasteiger partial charge in [0, 0.05) is 56.5 Å². The third kappa shape index (κ3) is 5.66. The summed E-state index contributed by atoms with van der Waals surface area (Å²) in [5.41, 5.74) is 1.56. The van der Waals surface area contributed by atoms with Crippen LogP contribution in [-0.4, -0.2) is 51.0 Å². The zero-order valence-corrected chi connectivity index (χ0v) is 18.7. The highest BCUT2D eigenvalue weighted by Crippen LogP contribution is 2.32. The molecule has 32 heavy (non-hydrogen) atoms. The van der Waals surface area contributed by atoms with Crippen molar-refractivity contribution in [1.82, 2.24) is 25.0 Å². The molecular weight excluding hydrogens is 429 g/mol. The first-order valence-corrected chi connectivity index (χ1v) is 11.5. The average Bonchev–Trinajstić information content (AvgIpc) is 3.10. The topological polar surface area (TPSA) is 72.3 Å². The Morgan fingerprint density at radius 3 is 2.88 bits per heavy atom. The van der Waals surface area contributed by atoms with Crippen molar-refractivity contribution in [2.45, 2.75) is 24.2 Å². The molecule has 0 bridgehead atoms. The number of benzene rings is 2. The van der Waals surface area contributed by atoms with Crippen LogP contribution in [0.2, 0.25) is 0 Å². The molecule has 1 aliphatic heterocycles. The third-order valence-corrected chi connectivity index (χ3v) is 6.33. The van der Waals surface area contributed by atoms with Crippen LogP contribution in [0.15, 0.2) is 60.0 Å². The third-order valence-electron chi connectivity index (χ3n) is 5.29. The summed E-state index contributed by atoms with van der Waals surface area (Å²) in [6.45, 7) is 2.27. The van der Waals surface area contributed by atoms with E-state index in [4.69, 9.17) is 4.74 Å². The van der Waals surface area contributed by atoms with Gasteiger partial charge in [0.2, 0.25) is 5.91 Å². The van der Waals surface area contributed by atoms with E-state index in [0.29, 0.717) is 38.2 Å². The van der Waals surface area contributed by atoms with E-state index in [2.05, 4.69) is 20.4 Å². The number of aryl methyl sites for hydroxylation is 1. The maximum atomic E-state index is 14.4. The number of hydrogen-bond acceptors (Lipinski definition) is 6. The summed E-state index contributed by atoms with van der Waals surface area (Å²) in [5, 5.41) is 11.6. The normalized spacial score (nSPS) is 16.1. The molecule has 0 spiro atoms. The zero-order chi connectivity index (χ0) is 22.3. The molecule has 1 atom stereocenters. The van der Waals surface area contributed by atoms with Crippen molar-refractivity contribution in [3.05, 3.63) is 71.8 Å². The Labute approximate surface area is 191 Å².